The number of halogens is 1. The van der Waals surface area contributed by atoms with Gasteiger partial charge in [-0.2, -0.15) is 5.26 Å². The van der Waals surface area contributed by atoms with Crippen LogP contribution in [0.5, 0.6) is 5.75 Å². The molecule has 0 fully saturated rings. The van der Waals surface area contributed by atoms with Crippen molar-refractivity contribution in [3.63, 3.8) is 0 Å². The Morgan fingerprint density at radius 2 is 2.21 bits per heavy atom. The lowest BCUT2D eigenvalue weighted by molar-refractivity contribution is 0.101. The average Bonchev–Trinajstić information content (AvgIpc) is 2.16. The van der Waals surface area contributed by atoms with Crippen LogP contribution in [0.1, 0.15) is 22.8 Å². The zero-order chi connectivity index (χ0) is 10.7. The number of nitriles is 1. The summed E-state index contributed by atoms with van der Waals surface area (Å²) < 4.78 is 18.0. The van der Waals surface area contributed by atoms with Crippen LogP contribution in [0.3, 0.4) is 0 Å². The first kappa shape index (κ1) is 10.2. The van der Waals surface area contributed by atoms with E-state index in [-0.39, 0.29) is 16.9 Å². The highest BCUT2D eigenvalue weighted by Crippen LogP contribution is 2.22. The molecule has 0 aromatic heterocycles. The Bertz CT molecular complexity index is 421. The number of ketones is 1. The molecule has 0 bridgehead atoms. The Hall–Kier alpha value is -1.89. The Morgan fingerprint density at radius 3 is 2.64 bits per heavy atom. The number of rotatable bonds is 2. The number of benzene rings is 1. The van der Waals surface area contributed by atoms with Gasteiger partial charge in [-0.25, -0.2) is 4.39 Å². The first-order valence-corrected chi connectivity index (χ1v) is 3.88. The van der Waals surface area contributed by atoms with E-state index in [9.17, 15) is 9.18 Å². The van der Waals surface area contributed by atoms with Crippen molar-refractivity contribution in [3.8, 4) is 11.8 Å². The maximum atomic E-state index is 13.2. The minimum absolute atomic E-state index is 0.0950. The van der Waals surface area contributed by atoms with Crippen molar-refractivity contribution in [2.75, 3.05) is 7.11 Å². The summed E-state index contributed by atoms with van der Waals surface area (Å²) in [6, 6.07) is 4.05. The van der Waals surface area contributed by atoms with Gasteiger partial charge in [0.25, 0.3) is 0 Å². The van der Waals surface area contributed by atoms with Gasteiger partial charge in [0.05, 0.1) is 18.2 Å². The van der Waals surface area contributed by atoms with Crippen LogP contribution in [-0.2, 0) is 0 Å². The molecule has 4 heteroatoms. The molecule has 0 N–H and O–H groups in total. The number of carbonyl (C=O) groups excluding carboxylic acids is 1. The van der Waals surface area contributed by atoms with Crippen LogP contribution in [0.2, 0.25) is 0 Å². The van der Waals surface area contributed by atoms with Crippen LogP contribution < -0.4 is 4.74 Å². The van der Waals surface area contributed by atoms with E-state index in [1.165, 1.54) is 20.1 Å². The molecule has 0 spiro atoms. The zero-order valence-corrected chi connectivity index (χ0v) is 7.80. The summed E-state index contributed by atoms with van der Waals surface area (Å²) in [6.45, 7) is 1.24. The molecule has 0 aliphatic heterocycles. The largest absolute Gasteiger partial charge is 0.495 e. The Balaban J connectivity index is 3.40. The van der Waals surface area contributed by atoms with Gasteiger partial charge in [0.1, 0.15) is 17.6 Å². The summed E-state index contributed by atoms with van der Waals surface area (Å²) in [5.74, 6) is -0.954. The van der Waals surface area contributed by atoms with E-state index in [1.54, 1.807) is 0 Å². The molecule has 0 radical (unpaired) electrons. The van der Waals surface area contributed by atoms with Crippen LogP contribution >= 0.6 is 0 Å². The molecule has 0 heterocycles. The number of methoxy groups -OCH3 is 1. The normalized spacial score (nSPS) is 9.29. The van der Waals surface area contributed by atoms with E-state index in [1.807, 2.05) is 6.07 Å². The highest BCUT2D eigenvalue weighted by Gasteiger charge is 2.12. The van der Waals surface area contributed by atoms with Gasteiger partial charge in [-0.05, 0) is 13.0 Å². The standard InChI is InChI=1S/C10H8FNO2/c1-6(13)8-3-7(5-12)10(14-2)4-9(8)11/h3-4H,1-2H3. The van der Waals surface area contributed by atoms with Gasteiger partial charge in [-0.1, -0.05) is 0 Å². The summed E-state index contributed by atoms with van der Waals surface area (Å²) >= 11 is 0. The summed E-state index contributed by atoms with van der Waals surface area (Å²) in [4.78, 5) is 10.9. The molecule has 0 saturated carbocycles. The van der Waals surface area contributed by atoms with E-state index >= 15 is 0 Å². The van der Waals surface area contributed by atoms with Crippen molar-refractivity contribution >= 4 is 5.78 Å². The molecular formula is C10H8FNO2. The highest BCUT2D eigenvalue weighted by atomic mass is 19.1. The predicted molar refractivity (Wildman–Crippen MR) is 47.7 cm³/mol. The number of ether oxygens (including phenoxy) is 1. The second kappa shape index (κ2) is 3.88. The first-order chi connectivity index (χ1) is 6.60. The number of hydrogen-bond donors (Lipinski definition) is 0. The third-order valence-electron chi connectivity index (χ3n) is 1.79. The van der Waals surface area contributed by atoms with E-state index in [0.717, 1.165) is 6.07 Å². The molecule has 0 unspecified atom stereocenters. The van der Waals surface area contributed by atoms with E-state index < -0.39 is 11.6 Å². The van der Waals surface area contributed by atoms with Crippen LogP contribution in [0, 0.1) is 17.1 Å². The SMILES string of the molecule is COc1cc(F)c(C(C)=O)cc1C#N. The fourth-order valence-electron chi connectivity index (χ4n) is 1.08. The molecule has 1 aromatic rings. The molecule has 0 atom stereocenters. The molecule has 1 aromatic carbocycles. The smallest absolute Gasteiger partial charge is 0.162 e. The second-order valence-corrected chi connectivity index (χ2v) is 2.70. The lowest BCUT2D eigenvalue weighted by atomic mass is 10.1. The van der Waals surface area contributed by atoms with Gasteiger partial charge in [0, 0.05) is 6.07 Å². The van der Waals surface area contributed by atoms with Crippen LogP contribution in [0.25, 0.3) is 0 Å². The van der Waals surface area contributed by atoms with Gasteiger partial charge >= 0.3 is 0 Å². The second-order valence-electron chi connectivity index (χ2n) is 2.70. The number of hydrogen-bond acceptors (Lipinski definition) is 3. The van der Waals surface area contributed by atoms with Crippen molar-refractivity contribution in [2.24, 2.45) is 0 Å². The monoisotopic (exact) mass is 193 g/mol. The fraction of sp³-hybridized carbons (Fsp3) is 0.200. The third-order valence-corrected chi connectivity index (χ3v) is 1.79. The molecule has 3 nitrogen and oxygen atoms in total. The maximum absolute atomic E-state index is 13.2. The quantitative estimate of drug-likeness (QED) is 0.674. The summed E-state index contributed by atoms with van der Waals surface area (Å²) in [6.07, 6.45) is 0. The zero-order valence-electron chi connectivity index (χ0n) is 7.80. The predicted octanol–water partition coefficient (Wildman–Crippen LogP) is 1.91. The average molecular weight is 193 g/mol. The topological polar surface area (TPSA) is 50.1 Å². The van der Waals surface area contributed by atoms with Gasteiger partial charge in [-0.3, -0.25) is 4.79 Å². The fourth-order valence-corrected chi connectivity index (χ4v) is 1.08. The molecule has 0 aliphatic rings. The Labute approximate surface area is 80.7 Å². The van der Waals surface area contributed by atoms with E-state index in [0.29, 0.717) is 0 Å². The summed E-state index contributed by atoms with van der Waals surface area (Å²) in [5, 5.41) is 8.68. The lowest BCUT2D eigenvalue weighted by Gasteiger charge is -2.04. The molecule has 0 aliphatic carbocycles. The minimum atomic E-state index is -0.673. The van der Waals surface area contributed by atoms with Crippen molar-refractivity contribution < 1.29 is 13.9 Å². The Kier molecular flexibility index (Phi) is 2.82. The molecule has 0 amide bonds. The van der Waals surface area contributed by atoms with Crippen molar-refractivity contribution in [2.45, 2.75) is 6.92 Å². The number of Topliss-reactive ketones (excluding diaryl/α,β-unsaturated/α-hetero) is 1. The van der Waals surface area contributed by atoms with E-state index in [2.05, 4.69) is 0 Å². The van der Waals surface area contributed by atoms with Crippen molar-refractivity contribution in [3.05, 3.63) is 29.1 Å². The number of carbonyl (C=O) groups is 1. The van der Waals surface area contributed by atoms with E-state index in [4.69, 9.17) is 10.00 Å². The molecule has 14 heavy (non-hydrogen) atoms. The van der Waals surface area contributed by atoms with Crippen molar-refractivity contribution in [1.29, 1.82) is 5.26 Å². The van der Waals surface area contributed by atoms with Crippen molar-refractivity contribution in [1.82, 2.24) is 0 Å². The minimum Gasteiger partial charge on any atom is -0.495 e. The molecule has 0 saturated heterocycles. The van der Waals surface area contributed by atoms with Crippen LogP contribution in [-0.4, -0.2) is 12.9 Å². The molecule has 72 valence electrons. The summed E-state index contributed by atoms with van der Waals surface area (Å²) in [7, 11) is 1.34. The summed E-state index contributed by atoms with van der Waals surface area (Å²) in [5.41, 5.74) is 0.0569. The first-order valence-electron chi connectivity index (χ1n) is 3.88. The third kappa shape index (κ3) is 1.72. The molecule has 1 rings (SSSR count). The van der Waals surface area contributed by atoms with Gasteiger partial charge in [-0.15, -0.1) is 0 Å². The highest BCUT2D eigenvalue weighted by molar-refractivity contribution is 5.95. The lowest BCUT2D eigenvalue weighted by Crippen LogP contribution is -2.00. The van der Waals surface area contributed by atoms with Gasteiger partial charge in [0.2, 0.25) is 0 Å². The molecular weight excluding hydrogens is 185 g/mol. The number of nitrogens with zero attached hydrogens (tertiary/aromatic N) is 1. The Morgan fingerprint density at radius 1 is 1.57 bits per heavy atom. The van der Waals surface area contributed by atoms with Crippen LogP contribution in [0.4, 0.5) is 4.39 Å². The van der Waals surface area contributed by atoms with Gasteiger partial charge < -0.3 is 4.74 Å². The maximum Gasteiger partial charge on any atom is 0.162 e. The van der Waals surface area contributed by atoms with Gasteiger partial charge in [0.15, 0.2) is 5.78 Å². The van der Waals surface area contributed by atoms with Crippen LogP contribution in [0.15, 0.2) is 12.1 Å².